The van der Waals surface area contributed by atoms with Crippen molar-refractivity contribution in [1.29, 1.82) is 0 Å². The van der Waals surface area contributed by atoms with Gasteiger partial charge in [-0.05, 0) is 56.4 Å². The average molecular weight is 461 g/mol. The molecule has 0 spiro atoms. The van der Waals surface area contributed by atoms with Gasteiger partial charge in [0.25, 0.3) is 0 Å². The SMILES string of the molecule is COc1cc2occ(-c3ccc(C)cc3C)c2cc1/C(C)=C/C(=O)NCCCN1CCCC1=O. The molecule has 2 aromatic carbocycles. The molecule has 1 aliphatic rings. The molecule has 2 heterocycles. The van der Waals surface area contributed by atoms with Crippen LogP contribution in [0.1, 0.15) is 42.9 Å². The number of allylic oxidation sites excluding steroid dienone is 1. The number of likely N-dealkylation sites (tertiary alicyclic amines) is 1. The molecule has 4 rings (SSSR count). The van der Waals surface area contributed by atoms with Gasteiger partial charge in [0.15, 0.2) is 0 Å². The maximum absolute atomic E-state index is 12.5. The first-order valence-corrected chi connectivity index (χ1v) is 11.8. The van der Waals surface area contributed by atoms with Crippen LogP contribution in [-0.2, 0) is 9.59 Å². The molecule has 1 fully saturated rings. The molecule has 0 aliphatic carbocycles. The van der Waals surface area contributed by atoms with Crippen molar-refractivity contribution in [2.75, 3.05) is 26.7 Å². The fraction of sp³-hybridized carbons (Fsp3) is 0.357. The van der Waals surface area contributed by atoms with Crippen LogP contribution in [0.25, 0.3) is 27.7 Å². The number of nitrogens with one attached hydrogen (secondary N) is 1. The predicted molar refractivity (Wildman–Crippen MR) is 135 cm³/mol. The third-order valence-electron chi connectivity index (χ3n) is 6.42. The first kappa shape index (κ1) is 23.6. The van der Waals surface area contributed by atoms with Crippen LogP contribution < -0.4 is 10.1 Å². The minimum Gasteiger partial charge on any atom is -0.496 e. The fourth-order valence-electron chi connectivity index (χ4n) is 4.60. The number of rotatable bonds is 8. The Morgan fingerprint density at radius 2 is 2.03 bits per heavy atom. The van der Waals surface area contributed by atoms with Crippen molar-refractivity contribution < 1.29 is 18.7 Å². The minimum absolute atomic E-state index is 0.158. The van der Waals surface area contributed by atoms with Gasteiger partial charge < -0.3 is 19.4 Å². The van der Waals surface area contributed by atoms with Crippen LogP contribution in [0.15, 0.2) is 47.1 Å². The van der Waals surface area contributed by atoms with Crippen LogP contribution in [0, 0.1) is 13.8 Å². The summed E-state index contributed by atoms with van der Waals surface area (Å²) in [7, 11) is 1.62. The number of fused-ring (bicyclic) bond motifs is 1. The molecule has 0 saturated carbocycles. The Morgan fingerprint density at radius 1 is 1.21 bits per heavy atom. The lowest BCUT2D eigenvalue weighted by atomic mass is 9.96. The molecule has 0 unspecified atom stereocenters. The Kier molecular flexibility index (Phi) is 7.06. The molecule has 1 saturated heterocycles. The molecular weight excluding hydrogens is 428 g/mol. The largest absolute Gasteiger partial charge is 0.496 e. The Balaban J connectivity index is 1.52. The number of ether oxygens (including phenoxy) is 1. The number of aryl methyl sites for hydroxylation is 2. The van der Waals surface area contributed by atoms with Gasteiger partial charge in [0.05, 0.1) is 13.4 Å². The van der Waals surface area contributed by atoms with E-state index in [4.69, 9.17) is 9.15 Å². The summed E-state index contributed by atoms with van der Waals surface area (Å²) < 4.78 is 11.5. The lowest BCUT2D eigenvalue weighted by molar-refractivity contribution is -0.127. The van der Waals surface area contributed by atoms with E-state index in [1.807, 2.05) is 24.0 Å². The monoisotopic (exact) mass is 460 g/mol. The summed E-state index contributed by atoms with van der Waals surface area (Å²) in [5.41, 5.74) is 6.93. The summed E-state index contributed by atoms with van der Waals surface area (Å²) in [6.07, 6.45) is 5.70. The van der Waals surface area contributed by atoms with E-state index >= 15 is 0 Å². The van der Waals surface area contributed by atoms with Crippen molar-refractivity contribution in [3.63, 3.8) is 0 Å². The molecule has 0 atom stereocenters. The van der Waals surface area contributed by atoms with Crippen LogP contribution in [0.3, 0.4) is 0 Å². The van der Waals surface area contributed by atoms with Gasteiger partial charge in [-0.25, -0.2) is 0 Å². The summed E-state index contributed by atoms with van der Waals surface area (Å²) >= 11 is 0. The molecule has 1 aromatic heterocycles. The number of hydrogen-bond donors (Lipinski definition) is 1. The van der Waals surface area contributed by atoms with Crippen molar-refractivity contribution >= 4 is 28.4 Å². The highest BCUT2D eigenvalue weighted by Gasteiger charge is 2.19. The highest BCUT2D eigenvalue weighted by molar-refractivity contribution is 6.00. The van der Waals surface area contributed by atoms with Crippen molar-refractivity contribution in [3.05, 3.63) is 59.4 Å². The van der Waals surface area contributed by atoms with Gasteiger partial charge in [0, 0.05) is 54.7 Å². The van der Waals surface area contributed by atoms with Crippen LogP contribution >= 0.6 is 0 Å². The third-order valence-corrected chi connectivity index (χ3v) is 6.42. The maximum atomic E-state index is 12.5. The molecular formula is C28H32N2O4. The normalized spacial score (nSPS) is 14.2. The highest BCUT2D eigenvalue weighted by atomic mass is 16.5. The number of carbonyl (C=O) groups excluding carboxylic acids is 2. The van der Waals surface area contributed by atoms with E-state index in [9.17, 15) is 9.59 Å². The van der Waals surface area contributed by atoms with Gasteiger partial charge in [-0.3, -0.25) is 9.59 Å². The van der Waals surface area contributed by atoms with E-state index in [0.29, 0.717) is 25.3 Å². The highest BCUT2D eigenvalue weighted by Crippen LogP contribution is 2.38. The first-order chi connectivity index (χ1) is 16.4. The Labute approximate surface area is 200 Å². The first-order valence-electron chi connectivity index (χ1n) is 11.8. The quantitative estimate of drug-likeness (QED) is 0.368. The Bertz CT molecular complexity index is 1250. The van der Waals surface area contributed by atoms with E-state index in [1.165, 1.54) is 11.1 Å². The molecule has 1 N–H and O–H groups in total. The number of furan rings is 1. The molecule has 0 bridgehead atoms. The lowest BCUT2D eigenvalue weighted by Gasteiger charge is -2.15. The van der Waals surface area contributed by atoms with Crippen molar-refractivity contribution in [2.45, 2.75) is 40.0 Å². The molecule has 0 radical (unpaired) electrons. The van der Waals surface area contributed by atoms with E-state index in [0.717, 1.165) is 52.6 Å². The molecule has 6 nitrogen and oxygen atoms in total. The van der Waals surface area contributed by atoms with E-state index < -0.39 is 0 Å². The summed E-state index contributed by atoms with van der Waals surface area (Å²) in [5.74, 6) is 0.710. The molecule has 2 amide bonds. The molecule has 6 heteroatoms. The predicted octanol–water partition coefficient (Wildman–Crippen LogP) is 5.26. The second kappa shape index (κ2) is 10.2. The van der Waals surface area contributed by atoms with Gasteiger partial charge >= 0.3 is 0 Å². The molecule has 1 aliphatic heterocycles. The zero-order valence-corrected chi connectivity index (χ0v) is 20.4. The van der Waals surface area contributed by atoms with Crippen LogP contribution in [0.4, 0.5) is 0 Å². The van der Waals surface area contributed by atoms with Gasteiger partial charge in [-0.2, -0.15) is 0 Å². The average Bonchev–Trinajstić information content (AvgIpc) is 3.41. The van der Waals surface area contributed by atoms with Crippen LogP contribution in [0.2, 0.25) is 0 Å². The second-order valence-corrected chi connectivity index (χ2v) is 8.97. The van der Waals surface area contributed by atoms with Crippen molar-refractivity contribution in [3.8, 4) is 16.9 Å². The zero-order valence-electron chi connectivity index (χ0n) is 20.4. The summed E-state index contributed by atoms with van der Waals surface area (Å²) in [4.78, 5) is 26.1. The fourth-order valence-corrected chi connectivity index (χ4v) is 4.60. The van der Waals surface area contributed by atoms with E-state index in [-0.39, 0.29) is 11.8 Å². The Hall–Kier alpha value is -3.54. The maximum Gasteiger partial charge on any atom is 0.244 e. The zero-order chi connectivity index (χ0) is 24.2. The summed E-state index contributed by atoms with van der Waals surface area (Å²) in [6, 6.07) is 10.3. The van der Waals surface area contributed by atoms with Gasteiger partial charge in [0.1, 0.15) is 11.3 Å². The minimum atomic E-state index is -0.158. The number of benzene rings is 2. The summed E-state index contributed by atoms with van der Waals surface area (Å²) in [6.45, 7) is 8.13. The molecule has 34 heavy (non-hydrogen) atoms. The summed E-state index contributed by atoms with van der Waals surface area (Å²) in [5, 5.41) is 3.91. The molecule has 178 valence electrons. The standard InChI is InChI=1S/C28H32N2O4/c1-18-8-9-21(19(2)13-18)24-17-34-26-16-25(33-4)22(15-23(24)26)20(3)14-27(31)29-10-6-12-30-11-5-7-28(30)32/h8-9,13-17H,5-7,10-12H2,1-4H3,(H,29,31)/b20-14+. The van der Waals surface area contributed by atoms with Crippen molar-refractivity contribution in [2.24, 2.45) is 0 Å². The number of carbonyl (C=O) groups is 2. The third kappa shape index (κ3) is 5.01. The molecule has 3 aromatic rings. The number of amides is 2. The number of nitrogens with zero attached hydrogens (tertiary/aromatic N) is 1. The second-order valence-electron chi connectivity index (χ2n) is 8.97. The van der Waals surface area contributed by atoms with Gasteiger partial charge in [-0.15, -0.1) is 0 Å². The smallest absolute Gasteiger partial charge is 0.244 e. The van der Waals surface area contributed by atoms with Gasteiger partial charge in [0.2, 0.25) is 11.8 Å². The van der Waals surface area contributed by atoms with Gasteiger partial charge in [-0.1, -0.05) is 23.8 Å². The van der Waals surface area contributed by atoms with Crippen LogP contribution in [0.5, 0.6) is 5.75 Å². The topological polar surface area (TPSA) is 71.8 Å². The van der Waals surface area contributed by atoms with E-state index in [2.05, 4.69) is 37.4 Å². The number of methoxy groups -OCH3 is 1. The number of hydrogen-bond acceptors (Lipinski definition) is 4. The van der Waals surface area contributed by atoms with Crippen molar-refractivity contribution in [1.82, 2.24) is 10.2 Å². The Morgan fingerprint density at radius 3 is 2.74 bits per heavy atom. The van der Waals surface area contributed by atoms with E-state index in [1.54, 1.807) is 19.4 Å². The lowest BCUT2D eigenvalue weighted by Crippen LogP contribution is -2.30. The van der Waals surface area contributed by atoms with Crippen LogP contribution in [-0.4, -0.2) is 43.5 Å².